The van der Waals surface area contributed by atoms with Crippen LogP contribution in [0.15, 0.2) is 75.7 Å². The molecule has 0 aromatic heterocycles. The van der Waals surface area contributed by atoms with Gasteiger partial charge < -0.3 is 5.32 Å². The van der Waals surface area contributed by atoms with Crippen LogP contribution >= 0.6 is 31.9 Å². The Bertz CT molecular complexity index is 894. The minimum Gasteiger partial charge on any atom is -0.355 e. The topological polar surface area (TPSA) is 55.2 Å². The molecule has 3 rings (SSSR count). The van der Waals surface area contributed by atoms with E-state index < -0.39 is 0 Å². The lowest BCUT2D eigenvalue weighted by atomic mass is 10.0. The molecule has 0 atom stereocenters. The minimum atomic E-state index is -0.367. The maximum absolute atomic E-state index is 11.1. The number of nitrogens with zero attached hydrogens (tertiary/aromatic N) is 1. The standard InChI is InChI=1S/C19H14Br2N2O2/c20-15-10-16(21)12-17(11-15)22-19-7-6-18(23(24)25)9-14(19)8-13-4-2-1-3-5-13/h1-7,9-12,22H,8H2. The quantitative estimate of drug-likeness (QED) is 0.350. The highest BCUT2D eigenvalue weighted by molar-refractivity contribution is 9.11. The Hall–Kier alpha value is -2.18. The predicted molar refractivity (Wildman–Crippen MR) is 107 cm³/mol. The van der Waals surface area contributed by atoms with Crippen molar-refractivity contribution < 1.29 is 4.92 Å². The fraction of sp³-hybridized carbons (Fsp3) is 0.0526. The third kappa shape index (κ3) is 4.67. The van der Waals surface area contributed by atoms with Crippen LogP contribution in [0.1, 0.15) is 11.1 Å². The zero-order chi connectivity index (χ0) is 17.8. The molecular formula is C19H14Br2N2O2. The van der Waals surface area contributed by atoms with Crippen molar-refractivity contribution in [1.82, 2.24) is 0 Å². The molecule has 0 radical (unpaired) electrons. The summed E-state index contributed by atoms with van der Waals surface area (Å²) in [5.74, 6) is 0. The van der Waals surface area contributed by atoms with Crippen LogP contribution < -0.4 is 5.32 Å². The number of halogens is 2. The predicted octanol–water partition coefficient (Wildman–Crippen LogP) is 6.45. The molecule has 0 aliphatic carbocycles. The summed E-state index contributed by atoms with van der Waals surface area (Å²) in [6.45, 7) is 0. The molecule has 1 N–H and O–H groups in total. The molecule has 0 fully saturated rings. The van der Waals surface area contributed by atoms with Gasteiger partial charge in [0.25, 0.3) is 5.69 Å². The van der Waals surface area contributed by atoms with E-state index in [1.165, 1.54) is 6.07 Å². The van der Waals surface area contributed by atoms with E-state index in [2.05, 4.69) is 37.2 Å². The van der Waals surface area contributed by atoms with Crippen LogP contribution in [0.2, 0.25) is 0 Å². The van der Waals surface area contributed by atoms with E-state index in [0.29, 0.717) is 6.42 Å². The van der Waals surface area contributed by atoms with Gasteiger partial charge >= 0.3 is 0 Å². The van der Waals surface area contributed by atoms with Crippen LogP contribution in [0.3, 0.4) is 0 Å². The molecule has 3 aromatic rings. The monoisotopic (exact) mass is 460 g/mol. The molecule has 0 heterocycles. The van der Waals surface area contributed by atoms with Gasteiger partial charge in [-0.15, -0.1) is 0 Å². The lowest BCUT2D eigenvalue weighted by Gasteiger charge is -2.13. The molecule has 0 aliphatic rings. The summed E-state index contributed by atoms with van der Waals surface area (Å²) in [7, 11) is 0. The summed E-state index contributed by atoms with van der Waals surface area (Å²) in [5, 5.41) is 14.5. The van der Waals surface area contributed by atoms with E-state index >= 15 is 0 Å². The van der Waals surface area contributed by atoms with Crippen molar-refractivity contribution in [3.63, 3.8) is 0 Å². The lowest BCUT2D eigenvalue weighted by molar-refractivity contribution is -0.384. The molecule has 0 saturated heterocycles. The molecule has 0 spiro atoms. The summed E-state index contributed by atoms with van der Waals surface area (Å²) >= 11 is 6.94. The molecule has 0 saturated carbocycles. The van der Waals surface area contributed by atoms with Crippen LogP contribution in [0.25, 0.3) is 0 Å². The maximum atomic E-state index is 11.1. The molecule has 0 aliphatic heterocycles. The summed E-state index contributed by atoms with van der Waals surface area (Å²) in [6.07, 6.45) is 0.611. The van der Waals surface area contributed by atoms with E-state index in [0.717, 1.165) is 31.4 Å². The lowest BCUT2D eigenvalue weighted by Crippen LogP contribution is -1.99. The third-order valence-corrected chi connectivity index (χ3v) is 4.59. The smallest absolute Gasteiger partial charge is 0.269 e. The normalized spacial score (nSPS) is 10.5. The Morgan fingerprint density at radius 1 is 0.920 bits per heavy atom. The number of hydrogen-bond donors (Lipinski definition) is 1. The first-order chi connectivity index (χ1) is 12.0. The second kappa shape index (κ2) is 7.80. The van der Waals surface area contributed by atoms with Crippen molar-refractivity contribution in [1.29, 1.82) is 0 Å². The van der Waals surface area contributed by atoms with E-state index in [-0.39, 0.29) is 10.6 Å². The second-order valence-corrected chi connectivity index (χ2v) is 7.38. The van der Waals surface area contributed by atoms with E-state index in [1.807, 2.05) is 48.5 Å². The van der Waals surface area contributed by atoms with Crippen LogP contribution in [0.4, 0.5) is 17.1 Å². The Kier molecular flexibility index (Phi) is 5.50. The minimum absolute atomic E-state index is 0.0897. The average molecular weight is 462 g/mol. The first kappa shape index (κ1) is 17.6. The van der Waals surface area contributed by atoms with Gasteiger partial charge in [-0.25, -0.2) is 0 Å². The molecule has 25 heavy (non-hydrogen) atoms. The van der Waals surface area contributed by atoms with Gasteiger partial charge in [0.2, 0.25) is 0 Å². The van der Waals surface area contributed by atoms with E-state index in [4.69, 9.17) is 0 Å². The van der Waals surface area contributed by atoms with Crippen molar-refractivity contribution in [2.75, 3.05) is 5.32 Å². The second-order valence-electron chi connectivity index (χ2n) is 5.54. The van der Waals surface area contributed by atoms with Crippen molar-refractivity contribution >= 4 is 48.9 Å². The molecule has 126 valence electrons. The van der Waals surface area contributed by atoms with Crippen LogP contribution in [-0.4, -0.2) is 4.92 Å². The molecule has 0 unspecified atom stereocenters. The highest BCUT2D eigenvalue weighted by Crippen LogP contribution is 2.30. The van der Waals surface area contributed by atoms with Crippen molar-refractivity contribution in [2.24, 2.45) is 0 Å². The van der Waals surface area contributed by atoms with Gasteiger partial charge in [-0.3, -0.25) is 10.1 Å². The largest absolute Gasteiger partial charge is 0.355 e. The Morgan fingerprint density at radius 2 is 1.60 bits per heavy atom. The Morgan fingerprint density at radius 3 is 2.24 bits per heavy atom. The van der Waals surface area contributed by atoms with Gasteiger partial charge in [0.05, 0.1) is 4.92 Å². The number of benzene rings is 3. The summed E-state index contributed by atoms with van der Waals surface area (Å²) < 4.78 is 1.88. The van der Waals surface area contributed by atoms with Crippen LogP contribution in [-0.2, 0) is 6.42 Å². The molecule has 0 bridgehead atoms. The molecule has 6 heteroatoms. The SMILES string of the molecule is O=[N+]([O-])c1ccc(Nc2cc(Br)cc(Br)c2)c(Cc2ccccc2)c1. The number of non-ortho nitro benzene ring substituents is 1. The Labute approximate surface area is 162 Å². The highest BCUT2D eigenvalue weighted by atomic mass is 79.9. The van der Waals surface area contributed by atoms with Gasteiger partial charge in [0.15, 0.2) is 0 Å². The van der Waals surface area contributed by atoms with Crippen molar-refractivity contribution in [3.8, 4) is 0 Å². The number of hydrogen-bond acceptors (Lipinski definition) is 3. The summed E-state index contributed by atoms with van der Waals surface area (Å²) in [6, 6.07) is 20.7. The van der Waals surface area contributed by atoms with Gasteiger partial charge in [-0.05, 0) is 41.8 Å². The summed E-state index contributed by atoms with van der Waals surface area (Å²) in [4.78, 5) is 10.8. The molecular weight excluding hydrogens is 448 g/mol. The van der Waals surface area contributed by atoms with Gasteiger partial charge in [0, 0.05) is 32.5 Å². The zero-order valence-corrected chi connectivity index (χ0v) is 16.2. The van der Waals surface area contributed by atoms with Gasteiger partial charge in [-0.2, -0.15) is 0 Å². The van der Waals surface area contributed by atoms with E-state index in [9.17, 15) is 10.1 Å². The number of nitro benzene ring substituents is 1. The van der Waals surface area contributed by atoms with Crippen LogP contribution in [0, 0.1) is 10.1 Å². The number of nitro groups is 1. The fourth-order valence-electron chi connectivity index (χ4n) is 2.56. The molecule has 4 nitrogen and oxygen atoms in total. The summed E-state index contributed by atoms with van der Waals surface area (Å²) in [5.41, 5.74) is 3.80. The average Bonchev–Trinajstić information content (AvgIpc) is 2.56. The maximum Gasteiger partial charge on any atom is 0.269 e. The molecule has 3 aromatic carbocycles. The first-order valence-electron chi connectivity index (χ1n) is 7.55. The van der Waals surface area contributed by atoms with Gasteiger partial charge in [-0.1, -0.05) is 62.2 Å². The van der Waals surface area contributed by atoms with Crippen molar-refractivity contribution in [3.05, 3.63) is 96.9 Å². The first-order valence-corrected chi connectivity index (χ1v) is 9.14. The fourth-order valence-corrected chi connectivity index (χ4v) is 3.85. The van der Waals surface area contributed by atoms with Crippen LogP contribution in [0.5, 0.6) is 0 Å². The van der Waals surface area contributed by atoms with Crippen molar-refractivity contribution in [2.45, 2.75) is 6.42 Å². The molecule has 0 amide bonds. The number of rotatable bonds is 5. The number of nitrogens with one attached hydrogen (secondary N) is 1. The van der Waals surface area contributed by atoms with Gasteiger partial charge in [0.1, 0.15) is 0 Å². The zero-order valence-electron chi connectivity index (χ0n) is 13.1. The number of anilines is 2. The third-order valence-electron chi connectivity index (χ3n) is 3.68. The Balaban J connectivity index is 1.98. The van der Waals surface area contributed by atoms with E-state index in [1.54, 1.807) is 12.1 Å². The highest BCUT2D eigenvalue weighted by Gasteiger charge is 2.12.